The van der Waals surface area contributed by atoms with E-state index in [0.29, 0.717) is 4.75 Å². The van der Waals surface area contributed by atoms with Crippen LogP contribution < -0.4 is 10.2 Å². The fraction of sp³-hybridized carbons (Fsp3) is 0.667. The lowest BCUT2D eigenvalue weighted by Gasteiger charge is -2.39. The summed E-state index contributed by atoms with van der Waals surface area (Å²) in [7, 11) is 0. The summed E-state index contributed by atoms with van der Waals surface area (Å²) in [5.74, 6) is 1.21. The van der Waals surface area contributed by atoms with Gasteiger partial charge < -0.3 is 10.2 Å². The minimum atomic E-state index is 0.343. The Hall–Kier alpha value is -0.740. The zero-order valence-corrected chi connectivity index (χ0v) is 13.1. The van der Waals surface area contributed by atoms with Crippen LogP contribution in [-0.4, -0.2) is 35.1 Å². The maximum absolute atomic E-state index is 4.28. The summed E-state index contributed by atoms with van der Waals surface area (Å²) in [5.41, 5.74) is 2.67. The van der Waals surface area contributed by atoms with E-state index in [0.717, 1.165) is 26.2 Å². The molecule has 106 valence electrons. The van der Waals surface area contributed by atoms with Gasteiger partial charge in [0.1, 0.15) is 0 Å². The first-order valence-electron chi connectivity index (χ1n) is 7.15. The number of nitrogens with zero attached hydrogens (tertiary/aromatic N) is 2. The molecule has 0 atom stereocenters. The molecule has 1 fully saturated rings. The Morgan fingerprint density at radius 3 is 3.05 bits per heavy atom. The molecule has 2 heterocycles. The van der Waals surface area contributed by atoms with Crippen LogP contribution in [0.2, 0.25) is 0 Å². The maximum atomic E-state index is 4.28. The lowest BCUT2D eigenvalue weighted by atomic mass is 10.1. The van der Waals surface area contributed by atoms with Crippen LogP contribution in [0.15, 0.2) is 18.5 Å². The second kappa shape index (κ2) is 6.62. The quantitative estimate of drug-likeness (QED) is 0.839. The molecule has 1 saturated heterocycles. The summed E-state index contributed by atoms with van der Waals surface area (Å²) >= 11 is 2.07. The van der Waals surface area contributed by atoms with Gasteiger partial charge in [-0.1, -0.05) is 6.92 Å². The largest absolute Gasteiger partial charge is 0.369 e. The minimum Gasteiger partial charge on any atom is -0.369 e. The summed E-state index contributed by atoms with van der Waals surface area (Å²) in [6.45, 7) is 11.1. The standard InChI is InChI=1S/C15H25N3S/c1-4-6-16-10-13-11-17-7-5-14(13)18-8-9-19-15(2,3)12-18/h5,7,11,16H,4,6,8-10,12H2,1-3H3. The molecular weight excluding hydrogens is 254 g/mol. The Morgan fingerprint density at radius 1 is 1.47 bits per heavy atom. The Labute approximate surface area is 121 Å². The van der Waals surface area contributed by atoms with E-state index in [9.17, 15) is 0 Å². The van der Waals surface area contributed by atoms with E-state index >= 15 is 0 Å². The first-order valence-corrected chi connectivity index (χ1v) is 8.13. The van der Waals surface area contributed by atoms with Gasteiger partial charge in [0.15, 0.2) is 0 Å². The highest BCUT2D eigenvalue weighted by Gasteiger charge is 2.27. The molecule has 0 amide bonds. The van der Waals surface area contributed by atoms with Crippen molar-refractivity contribution in [2.24, 2.45) is 0 Å². The molecular formula is C15H25N3S. The molecule has 0 aliphatic carbocycles. The summed E-state index contributed by atoms with van der Waals surface area (Å²) in [5, 5.41) is 3.48. The molecule has 0 bridgehead atoms. The fourth-order valence-electron chi connectivity index (χ4n) is 2.49. The molecule has 4 heteroatoms. The highest BCUT2D eigenvalue weighted by Crippen LogP contribution is 2.33. The van der Waals surface area contributed by atoms with Crippen LogP contribution in [0.5, 0.6) is 0 Å². The van der Waals surface area contributed by atoms with Crippen molar-refractivity contribution in [1.82, 2.24) is 10.3 Å². The predicted octanol–water partition coefficient (Wildman–Crippen LogP) is 2.91. The number of hydrogen-bond donors (Lipinski definition) is 1. The average Bonchev–Trinajstić information content (AvgIpc) is 2.38. The van der Waals surface area contributed by atoms with E-state index in [-0.39, 0.29) is 0 Å². The van der Waals surface area contributed by atoms with E-state index in [2.05, 4.69) is 53.8 Å². The van der Waals surface area contributed by atoms with Crippen molar-refractivity contribution in [1.29, 1.82) is 0 Å². The normalized spacial score (nSPS) is 18.6. The molecule has 0 aromatic carbocycles. The van der Waals surface area contributed by atoms with Crippen LogP contribution in [0.3, 0.4) is 0 Å². The highest BCUT2D eigenvalue weighted by atomic mass is 32.2. The van der Waals surface area contributed by atoms with Gasteiger partial charge in [0.2, 0.25) is 0 Å². The third kappa shape index (κ3) is 4.11. The molecule has 19 heavy (non-hydrogen) atoms. The fourth-order valence-corrected chi connectivity index (χ4v) is 3.60. The number of hydrogen-bond acceptors (Lipinski definition) is 4. The molecule has 0 radical (unpaired) electrons. The molecule has 1 N–H and O–H groups in total. The monoisotopic (exact) mass is 279 g/mol. The second-order valence-electron chi connectivity index (χ2n) is 5.71. The second-order valence-corrected chi connectivity index (χ2v) is 7.51. The van der Waals surface area contributed by atoms with E-state index in [1.54, 1.807) is 0 Å². The molecule has 1 aromatic heterocycles. The summed E-state index contributed by atoms with van der Waals surface area (Å²) < 4.78 is 0.343. The number of nitrogens with one attached hydrogen (secondary N) is 1. The Morgan fingerprint density at radius 2 is 2.32 bits per heavy atom. The molecule has 1 aliphatic heterocycles. The van der Waals surface area contributed by atoms with Crippen LogP contribution in [0, 0.1) is 0 Å². The molecule has 0 unspecified atom stereocenters. The number of thioether (sulfide) groups is 1. The zero-order valence-electron chi connectivity index (χ0n) is 12.3. The van der Waals surface area contributed by atoms with Crippen molar-refractivity contribution < 1.29 is 0 Å². The van der Waals surface area contributed by atoms with Crippen LogP contribution in [0.4, 0.5) is 5.69 Å². The molecule has 0 saturated carbocycles. The van der Waals surface area contributed by atoms with Gasteiger partial charge >= 0.3 is 0 Å². The van der Waals surface area contributed by atoms with Gasteiger partial charge in [0, 0.05) is 53.8 Å². The van der Waals surface area contributed by atoms with Crippen molar-refractivity contribution in [3.63, 3.8) is 0 Å². The maximum Gasteiger partial charge on any atom is 0.0443 e. The van der Waals surface area contributed by atoms with Crippen molar-refractivity contribution in [3.05, 3.63) is 24.0 Å². The highest BCUT2D eigenvalue weighted by molar-refractivity contribution is 8.00. The van der Waals surface area contributed by atoms with Crippen molar-refractivity contribution in [2.45, 2.75) is 38.5 Å². The van der Waals surface area contributed by atoms with Crippen molar-refractivity contribution >= 4 is 17.4 Å². The van der Waals surface area contributed by atoms with Crippen LogP contribution >= 0.6 is 11.8 Å². The third-order valence-electron chi connectivity index (χ3n) is 3.39. The van der Waals surface area contributed by atoms with Crippen LogP contribution in [0.25, 0.3) is 0 Å². The van der Waals surface area contributed by atoms with E-state index in [4.69, 9.17) is 0 Å². The summed E-state index contributed by atoms with van der Waals surface area (Å²) in [6, 6.07) is 2.16. The Balaban J connectivity index is 2.10. The summed E-state index contributed by atoms with van der Waals surface area (Å²) in [6.07, 6.45) is 5.09. The number of aromatic nitrogens is 1. The first kappa shape index (κ1) is 14.7. The Bertz CT molecular complexity index is 406. The lowest BCUT2D eigenvalue weighted by Crippen LogP contribution is -2.43. The van der Waals surface area contributed by atoms with Gasteiger partial charge in [-0.25, -0.2) is 0 Å². The van der Waals surface area contributed by atoms with Gasteiger partial charge in [0.05, 0.1) is 0 Å². The molecule has 3 nitrogen and oxygen atoms in total. The minimum absolute atomic E-state index is 0.343. The zero-order chi connectivity index (χ0) is 13.7. The van der Waals surface area contributed by atoms with Gasteiger partial charge in [-0.3, -0.25) is 4.98 Å². The number of anilines is 1. The van der Waals surface area contributed by atoms with Crippen molar-refractivity contribution in [3.8, 4) is 0 Å². The van der Waals surface area contributed by atoms with Gasteiger partial charge in [-0.15, -0.1) is 0 Å². The summed E-state index contributed by atoms with van der Waals surface area (Å²) in [4.78, 5) is 6.80. The third-order valence-corrected chi connectivity index (χ3v) is 4.68. The SMILES string of the molecule is CCCNCc1cnccc1N1CCSC(C)(C)C1. The topological polar surface area (TPSA) is 28.2 Å². The van der Waals surface area contributed by atoms with E-state index in [1.807, 2.05) is 12.4 Å². The van der Waals surface area contributed by atoms with Gasteiger partial charge in [-0.05, 0) is 32.9 Å². The van der Waals surface area contributed by atoms with Crippen molar-refractivity contribution in [2.75, 3.05) is 30.3 Å². The Kier molecular flexibility index (Phi) is 5.11. The van der Waals surface area contributed by atoms with Gasteiger partial charge in [-0.2, -0.15) is 11.8 Å². The number of pyridine rings is 1. The molecule has 2 rings (SSSR count). The van der Waals surface area contributed by atoms with E-state index in [1.165, 1.54) is 23.4 Å². The first-order chi connectivity index (χ1) is 9.12. The van der Waals surface area contributed by atoms with E-state index < -0.39 is 0 Å². The molecule has 1 aromatic rings. The smallest absolute Gasteiger partial charge is 0.0443 e. The number of rotatable bonds is 5. The average molecular weight is 279 g/mol. The van der Waals surface area contributed by atoms with Gasteiger partial charge in [0.25, 0.3) is 0 Å². The molecule has 0 spiro atoms. The van der Waals surface area contributed by atoms with Crippen LogP contribution in [0.1, 0.15) is 32.8 Å². The predicted molar refractivity (Wildman–Crippen MR) is 85.0 cm³/mol. The molecule has 1 aliphatic rings. The van der Waals surface area contributed by atoms with Crippen LogP contribution in [-0.2, 0) is 6.54 Å². The lowest BCUT2D eigenvalue weighted by molar-refractivity contribution is 0.636.